The fourth-order valence-electron chi connectivity index (χ4n) is 3.00. The Hall–Kier alpha value is -2.95. The van der Waals surface area contributed by atoms with Gasteiger partial charge >= 0.3 is 0 Å². The highest BCUT2D eigenvalue weighted by Gasteiger charge is 2.16. The van der Waals surface area contributed by atoms with Crippen LogP contribution in [-0.2, 0) is 16.6 Å². The number of methoxy groups -OCH3 is 2. The maximum Gasteiger partial charge on any atom is 0.238 e. The summed E-state index contributed by atoms with van der Waals surface area (Å²) in [6, 6.07) is 8.31. The van der Waals surface area contributed by atoms with Crippen LogP contribution in [0.3, 0.4) is 0 Å². The zero-order chi connectivity index (χ0) is 21.9. The van der Waals surface area contributed by atoms with Crippen molar-refractivity contribution in [1.29, 1.82) is 0 Å². The van der Waals surface area contributed by atoms with Gasteiger partial charge in [-0.1, -0.05) is 13.0 Å². The third kappa shape index (κ3) is 4.61. The van der Waals surface area contributed by atoms with E-state index in [1.165, 1.54) is 18.5 Å². The molecule has 9 nitrogen and oxygen atoms in total. The van der Waals surface area contributed by atoms with Crippen molar-refractivity contribution in [1.82, 2.24) is 14.9 Å². The summed E-state index contributed by atoms with van der Waals surface area (Å²) < 4.78 is 34.5. The van der Waals surface area contributed by atoms with Crippen LogP contribution in [0.1, 0.15) is 12.5 Å². The molecule has 10 heteroatoms. The predicted octanol–water partition coefficient (Wildman–Crippen LogP) is 2.49. The number of hydrogen-bond donors (Lipinski definition) is 2. The lowest BCUT2D eigenvalue weighted by Crippen LogP contribution is -2.18. The number of ether oxygens (including phenoxy) is 2. The van der Waals surface area contributed by atoms with E-state index in [2.05, 4.69) is 20.2 Å². The summed E-state index contributed by atoms with van der Waals surface area (Å²) >= 11 is 0. The Morgan fingerprint density at radius 3 is 2.43 bits per heavy atom. The van der Waals surface area contributed by atoms with Crippen LogP contribution in [0.15, 0.2) is 41.6 Å². The minimum absolute atomic E-state index is 0.0190. The molecule has 0 aliphatic carbocycles. The minimum Gasteiger partial charge on any atom is -0.493 e. The van der Waals surface area contributed by atoms with Crippen molar-refractivity contribution in [2.75, 3.05) is 33.1 Å². The molecule has 3 N–H and O–H groups in total. The number of nitrogens with zero attached hydrogens (tertiary/aromatic N) is 3. The van der Waals surface area contributed by atoms with E-state index in [9.17, 15) is 8.42 Å². The van der Waals surface area contributed by atoms with E-state index in [0.717, 1.165) is 12.1 Å². The van der Waals surface area contributed by atoms with Gasteiger partial charge in [-0.3, -0.25) is 0 Å². The normalized spacial score (nSPS) is 11.7. The fraction of sp³-hybridized carbons (Fsp3) is 0.300. The third-order valence-corrected chi connectivity index (χ3v) is 5.69. The van der Waals surface area contributed by atoms with Crippen molar-refractivity contribution >= 4 is 32.4 Å². The molecule has 0 atom stereocenters. The largest absolute Gasteiger partial charge is 0.493 e. The van der Waals surface area contributed by atoms with Gasteiger partial charge in [0.15, 0.2) is 11.5 Å². The van der Waals surface area contributed by atoms with Crippen molar-refractivity contribution in [2.45, 2.75) is 18.4 Å². The maximum atomic E-state index is 11.9. The molecule has 3 rings (SSSR count). The Bertz CT molecular complexity index is 1170. The van der Waals surface area contributed by atoms with Crippen molar-refractivity contribution in [3.8, 4) is 11.5 Å². The second-order valence-electron chi connectivity index (χ2n) is 6.77. The van der Waals surface area contributed by atoms with E-state index in [4.69, 9.17) is 14.6 Å². The van der Waals surface area contributed by atoms with E-state index in [1.54, 1.807) is 32.4 Å². The summed E-state index contributed by atoms with van der Waals surface area (Å²) in [4.78, 5) is 10.8. The van der Waals surface area contributed by atoms with E-state index in [1.807, 2.05) is 14.0 Å². The Morgan fingerprint density at radius 1 is 1.10 bits per heavy atom. The van der Waals surface area contributed by atoms with Gasteiger partial charge in [-0.05, 0) is 37.4 Å². The molecule has 0 bridgehead atoms. The molecule has 0 aliphatic heterocycles. The SMILES string of the molecule is CCN(C)Cc1ccc(S(N)(=O)=O)cc1Nc1ncnc2cc(OC)c(OC)cc12. The lowest BCUT2D eigenvalue weighted by Gasteiger charge is -2.19. The average Bonchev–Trinajstić information content (AvgIpc) is 2.73. The highest BCUT2D eigenvalue weighted by atomic mass is 32.2. The van der Waals surface area contributed by atoms with Gasteiger partial charge in [0.05, 0.1) is 24.6 Å². The standard InChI is InChI=1S/C20H25N5O4S/c1-5-25(2)11-13-6-7-14(30(21,26)27)8-16(13)24-20-15-9-18(28-3)19(29-4)10-17(15)22-12-23-20/h6-10,12H,5,11H2,1-4H3,(H2,21,26,27)(H,22,23,24). The van der Waals surface area contributed by atoms with Crippen LogP contribution in [0.4, 0.5) is 11.5 Å². The molecule has 1 aromatic heterocycles. The lowest BCUT2D eigenvalue weighted by molar-refractivity contribution is 0.346. The van der Waals surface area contributed by atoms with Gasteiger partial charge in [-0.2, -0.15) is 0 Å². The molecular formula is C20H25N5O4S. The van der Waals surface area contributed by atoms with Gasteiger partial charge < -0.3 is 19.7 Å². The molecule has 0 fully saturated rings. The summed E-state index contributed by atoms with van der Waals surface area (Å²) in [5.41, 5.74) is 2.15. The van der Waals surface area contributed by atoms with Crippen molar-refractivity contribution in [3.05, 3.63) is 42.2 Å². The van der Waals surface area contributed by atoms with Gasteiger partial charge in [0.2, 0.25) is 10.0 Å². The first-order valence-electron chi connectivity index (χ1n) is 9.24. The number of sulfonamides is 1. The molecule has 3 aromatic rings. The smallest absolute Gasteiger partial charge is 0.238 e. The Labute approximate surface area is 175 Å². The first-order valence-corrected chi connectivity index (χ1v) is 10.8. The summed E-state index contributed by atoms with van der Waals surface area (Å²) in [7, 11) is 1.23. The number of nitrogens with two attached hydrogens (primary N) is 1. The second-order valence-corrected chi connectivity index (χ2v) is 8.33. The molecule has 0 aliphatic rings. The number of anilines is 2. The second kappa shape index (κ2) is 8.82. The van der Waals surface area contributed by atoms with Crippen molar-refractivity contribution < 1.29 is 17.9 Å². The molecule has 0 spiro atoms. The van der Waals surface area contributed by atoms with Crippen LogP contribution in [0.2, 0.25) is 0 Å². The molecule has 30 heavy (non-hydrogen) atoms. The molecular weight excluding hydrogens is 406 g/mol. The molecule has 1 heterocycles. The highest BCUT2D eigenvalue weighted by Crippen LogP contribution is 2.35. The van der Waals surface area contributed by atoms with E-state index in [0.29, 0.717) is 40.5 Å². The number of aromatic nitrogens is 2. The van der Waals surface area contributed by atoms with Gasteiger partial charge in [0.25, 0.3) is 0 Å². The van der Waals surface area contributed by atoms with Crippen LogP contribution in [-0.4, -0.2) is 51.1 Å². The quantitative estimate of drug-likeness (QED) is 0.558. The summed E-state index contributed by atoms with van der Waals surface area (Å²) in [6.45, 7) is 3.50. The minimum atomic E-state index is -3.85. The summed E-state index contributed by atoms with van der Waals surface area (Å²) in [6.07, 6.45) is 1.43. The molecule has 2 aromatic carbocycles. The van der Waals surface area contributed by atoms with E-state index >= 15 is 0 Å². The van der Waals surface area contributed by atoms with E-state index in [-0.39, 0.29) is 4.90 Å². The Morgan fingerprint density at radius 2 is 1.80 bits per heavy atom. The number of nitrogens with one attached hydrogen (secondary N) is 1. The number of hydrogen-bond acceptors (Lipinski definition) is 8. The molecule has 0 unspecified atom stereocenters. The topological polar surface area (TPSA) is 120 Å². The van der Waals surface area contributed by atoms with Crippen molar-refractivity contribution in [2.24, 2.45) is 5.14 Å². The van der Waals surface area contributed by atoms with Gasteiger partial charge in [-0.25, -0.2) is 23.5 Å². The van der Waals surface area contributed by atoms with Crippen molar-refractivity contribution in [3.63, 3.8) is 0 Å². The van der Waals surface area contributed by atoms with Crippen LogP contribution in [0, 0.1) is 0 Å². The zero-order valence-electron chi connectivity index (χ0n) is 17.3. The molecule has 0 radical (unpaired) electrons. The van der Waals surface area contributed by atoms with Crippen LogP contribution < -0.4 is 19.9 Å². The predicted molar refractivity (Wildman–Crippen MR) is 116 cm³/mol. The first kappa shape index (κ1) is 21.8. The van der Waals surface area contributed by atoms with Crippen LogP contribution >= 0.6 is 0 Å². The number of fused-ring (bicyclic) bond motifs is 1. The highest BCUT2D eigenvalue weighted by molar-refractivity contribution is 7.89. The molecule has 0 saturated carbocycles. The molecule has 0 saturated heterocycles. The number of rotatable bonds is 8. The van der Waals surface area contributed by atoms with Gasteiger partial charge in [0, 0.05) is 23.7 Å². The molecule has 160 valence electrons. The first-order chi connectivity index (χ1) is 14.3. The van der Waals surface area contributed by atoms with Gasteiger partial charge in [-0.15, -0.1) is 0 Å². The van der Waals surface area contributed by atoms with Crippen LogP contribution in [0.5, 0.6) is 11.5 Å². The third-order valence-electron chi connectivity index (χ3n) is 4.78. The number of benzene rings is 2. The maximum absolute atomic E-state index is 11.9. The zero-order valence-corrected chi connectivity index (χ0v) is 18.2. The number of primary sulfonamides is 1. The van der Waals surface area contributed by atoms with Crippen LogP contribution in [0.25, 0.3) is 10.9 Å². The monoisotopic (exact) mass is 431 g/mol. The Kier molecular flexibility index (Phi) is 6.40. The average molecular weight is 432 g/mol. The lowest BCUT2D eigenvalue weighted by atomic mass is 10.1. The molecule has 0 amide bonds. The fourth-order valence-corrected chi connectivity index (χ4v) is 3.54. The summed E-state index contributed by atoms with van der Waals surface area (Å²) in [5, 5.41) is 9.29. The Balaban J connectivity index is 2.13. The van der Waals surface area contributed by atoms with E-state index < -0.39 is 10.0 Å². The van der Waals surface area contributed by atoms with Gasteiger partial charge in [0.1, 0.15) is 12.1 Å². The summed E-state index contributed by atoms with van der Waals surface area (Å²) in [5.74, 6) is 1.59.